The van der Waals surface area contributed by atoms with Gasteiger partial charge in [0.15, 0.2) is 11.5 Å². The van der Waals surface area contributed by atoms with E-state index in [0.717, 1.165) is 11.1 Å². The Balaban J connectivity index is 1.93. The average molecular weight is 373 g/mol. The zero-order valence-electron chi connectivity index (χ0n) is 15.6. The Morgan fingerprint density at radius 2 is 1.59 bits per heavy atom. The van der Waals surface area contributed by atoms with Gasteiger partial charge < -0.3 is 24.6 Å². The fourth-order valence-electron chi connectivity index (χ4n) is 2.71. The summed E-state index contributed by atoms with van der Waals surface area (Å²) in [7, 11) is 4.65. The number of carboxylic acids is 1. The maximum Gasteiger partial charge on any atom is 0.335 e. The molecule has 0 heterocycles. The van der Waals surface area contributed by atoms with Gasteiger partial charge in [0, 0.05) is 12.1 Å². The molecule has 0 aliphatic carbocycles. The molecular formula is C20H23NO6. The largest absolute Gasteiger partial charge is 0.493 e. The van der Waals surface area contributed by atoms with Gasteiger partial charge in [-0.1, -0.05) is 18.2 Å². The summed E-state index contributed by atoms with van der Waals surface area (Å²) in [5.74, 6) is 0.539. The fraction of sp³-hybridized carbons (Fsp3) is 0.300. The molecule has 0 bridgehead atoms. The van der Waals surface area contributed by atoms with E-state index in [1.165, 1.54) is 12.1 Å². The molecule has 144 valence electrons. The molecule has 0 aliphatic rings. The van der Waals surface area contributed by atoms with Crippen molar-refractivity contribution < 1.29 is 28.9 Å². The predicted octanol–water partition coefficient (Wildman–Crippen LogP) is 2.31. The molecule has 0 spiro atoms. The molecule has 0 aliphatic heterocycles. The summed E-state index contributed by atoms with van der Waals surface area (Å²) in [5, 5.41) is 11.7. The van der Waals surface area contributed by atoms with Crippen LogP contribution in [0, 0.1) is 0 Å². The van der Waals surface area contributed by atoms with Gasteiger partial charge in [0.1, 0.15) is 0 Å². The number of carbonyl (C=O) groups is 2. The Hall–Kier alpha value is -3.22. The van der Waals surface area contributed by atoms with Gasteiger partial charge >= 0.3 is 5.97 Å². The average Bonchev–Trinajstić information content (AvgIpc) is 2.67. The minimum Gasteiger partial charge on any atom is -0.493 e. The molecule has 2 N–H and O–H groups in total. The first-order valence-corrected chi connectivity index (χ1v) is 8.37. The monoisotopic (exact) mass is 373 g/mol. The second kappa shape index (κ2) is 9.47. The number of rotatable bonds is 9. The number of amides is 1. The maximum atomic E-state index is 12.1. The number of nitrogens with one attached hydrogen (secondary N) is 1. The van der Waals surface area contributed by atoms with Gasteiger partial charge in [0.05, 0.1) is 33.3 Å². The molecule has 0 atom stereocenters. The molecule has 0 unspecified atom stereocenters. The highest BCUT2D eigenvalue weighted by Crippen LogP contribution is 2.39. The predicted molar refractivity (Wildman–Crippen MR) is 99.9 cm³/mol. The lowest BCUT2D eigenvalue weighted by Crippen LogP contribution is -2.27. The van der Waals surface area contributed by atoms with Crippen LogP contribution >= 0.6 is 0 Å². The third-order valence-electron chi connectivity index (χ3n) is 4.07. The first-order chi connectivity index (χ1) is 13.0. The van der Waals surface area contributed by atoms with Crippen molar-refractivity contribution in [1.29, 1.82) is 0 Å². The number of carbonyl (C=O) groups excluding carboxylic acids is 1. The summed E-state index contributed by atoms with van der Waals surface area (Å²) < 4.78 is 16.0. The van der Waals surface area contributed by atoms with Crippen molar-refractivity contribution in [1.82, 2.24) is 5.32 Å². The van der Waals surface area contributed by atoms with Crippen LogP contribution in [-0.2, 0) is 17.6 Å². The van der Waals surface area contributed by atoms with Crippen LogP contribution in [0.1, 0.15) is 21.5 Å². The van der Waals surface area contributed by atoms with Crippen LogP contribution in [0.5, 0.6) is 17.2 Å². The molecule has 0 fully saturated rings. The normalized spacial score (nSPS) is 10.2. The van der Waals surface area contributed by atoms with Crippen molar-refractivity contribution >= 4 is 11.9 Å². The van der Waals surface area contributed by atoms with Crippen molar-refractivity contribution in [2.75, 3.05) is 27.9 Å². The highest BCUT2D eigenvalue weighted by atomic mass is 16.5. The third kappa shape index (κ3) is 5.13. The van der Waals surface area contributed by atoms with Crippen molar-refractivity contribution in [3.63, 3.8) is 0 Å². The molecule has 7 nitrogen and oxygen atoms in total. The number of carboxylic acid groups (broad SMARTS) is 1. The van der Waals surface area contributed by atoms with Crippen LogP contribution in [0.4, 0.5) is 0 Å². The number of hydrogen-bond acceptors (Lipinski definition) is 5. The summed E-state index contributed by atoms with van der Waals surface area (Å²) in [6.45, 7) is 0.428. The zero-order chi connectivity index (χ0) is 19.8. The van der Waals surface area contributed by atoms with Crippen LogP contribution in [-0.4, -0.2) is 44.9 Å². The van der Waals surface area contributed by atoms with Crippen LogP contribution in [0.25, 0.3) is 0 Å². The second-order valence-electron chi connectivity index (χ2n) is 5.77. The van der Waals surface area contributed by atoms with Gasteiger partial charge in [0.2, 0.25) is 11.7 Å². The lowest BCUT2D eigenvalue weighted by molar-refractivity contribution is -0.120. The SMILES string of the molecule is COc1ccc(CCNC(=O)Cc2ccc(C(=O)O)cc2)c(OC)c1OC. The Morgan fingerprint density at radius 1 is 0.926 bits per heavy atom. The van der Waals surface area contributed by atoms with Gasteiger partial charge in [0.25, 0.3) is 0 Å². The summed E-state index contributed by atoms with van der Waals surface area (Å²) in [4.78, 5) is 22.9. The number of ether oxygens (including phenoxy) is 3. The Morgan fingerprint density at radius 3 is 2.15 bits per heavy atom. The van der Waals surface area contributed by atoms with Crippen LogP contribution in [0.15, 0.2) is 36.4 Å². The van der Waals surface area contributed by atoms with E-state index in [-0.39, 0.29) is 17.9 Å². The summed E-state index contributed by atoms with van der Waals surface area (Å²) in [6.07, 6.45) is 0.746. The topological polar surface area (TPSA) is 94.1 Å². The van der Waals surface area contributed by atoms with E-state index >= 15 is 0 Å². The van der Waals surface area contributed by atoms with E-state index in [0.29, 0.717) is 30.2 Å². The lowest BCUT2D eigenvalue weighted by Gasteiger charge is -2.16. The molecule has 0 aromatic heterocycles. The highest BCUT2D eigenvalue weighted by molar-refractivity contribution is 5.87. The minimum atomic E-state index is -0.991. The molecule has 0 saturated heterocycles. The van der Waals surface area contributed by atoms with E-state index in [9.17, 15) is 9.59 Å². The minimum absolute atomic E-state index is 0.141. The van der Waals surface area contributed by atoms with E-state index in [1.54, 1.807) is 39.5 Å². The van der Waals surface area contributed by atoms with Gasteiger partial charge in [-0.15, -0.1) is 0 Å². The van der Waals surface area contributed by atoms with Crippen molar-refractivity contribution in [3.05, 3.63) is 53.1 Å². The molecule has 2 aromatic carbocycles. The Kier molecular flexibility index (Phi) is 7.05. The summed E-state index contributed by atoms with van der Waals surface area (Å²) >= 11 is 0. The molecule has 0 radical (unpaired) electrons. The van der Waals surface area contributed by atoms with E-state index in [4.69, 9.17) is 19.3 Å². The first-order valence-electron chi connectivity index (χ1n) is 8.37. The number of aromatic carboxylic acids is 1. The molecular weight excluding hydrogens is 350 g/mol. The molecule has 2 rings (SSSR count). The Labute approximate surface area is 157 Å². The molecule has 27 heavy (non-hydrogen) atoms. The molecule has 2 aromatic rings. The summed E-state index contributed by atoms with van der Waals surface area (Å²) in [5.41, 5.74) is 1.84. The molecule has 0 saturated carbocycles. The van der Waals surface area contributed by atoms with E-state index < -0.39 is 5.97 Å². The van der Waals surface area contributed by atoms with Crippen molar-refractivity contribution in [3.8, 4) is 17.2 Å². The van der Waals surface area contributed by atoms with Gasteiger partial charge in [-0.3, -0.25) is 4.79 Å². The van der Waals surface area contributed by atoms with Gasteiger partial charge in [-0.2, -0.15) is 0 Å². The number of benzene rings is 2. The Bertz CT molecular complexity index is 801. The van der Waals surface area contributed by atoms with E-state index in [2.05, 4.69) is 5.32 Å². The molecule has 1 amide bonds. The lowest BCUT2D eigenvalue weighted by atomic mass is 10.1. The number of hydrogen-bond donors (Lipinski definition) is 2. The fourth-order valence-corrected chi connectivity index (χ4v) is 2.71. The third-order valence-corrected chi connectivity index (χ3v) is 4.07. The van der Waals surface area contributed by atoms with Crippen LogP contribution in [0.2, 0.25) is 0 Å². The van der Waals surface area contributed by atoms with Gasteiger partial charge in [-0.05, 0) is 30.2 Å². The maximum absolute atomic E-state index is 12.1. The van der Waals surface area contributed by atoms with Crippen LogP contribution < -0.4 is 19.5 Å². The summed E-state index contributed by atoms with van der Waals surface area (Å²) in [6, 6.07) is 9.92. The van der Waals surface area contributed by atoms with Crippen molar-refractivity contribution in [2.45, 2.75) is 12.8 Å². The molecule has 7 heteroatoms. The first kappa shape index (κ1) is 20.1. The smallest absolute Gasteiger partial charge is 0.335 e. The van der Waals surface area contributed by atoms with Gasteiger partial charge in [-0.25, -0.2) is 4.79 Å². The van der Waals surface area contributed by atoms with E-state index in [1.807, 2.05) is 6.07 Å². The number of methoxy groups -OCH3 is 3. The standard InChI is InChI=1S/C20H23NO6/c1-25-16-9-8-14(18(26-2)19(16)27-3)10-11-21-17(22)12-13-4-6-15(7-5-13)20(23)24/h4-9H,10-12H2,1-3H3,(H,21,22)(H,23,24). The highest BCUT2D eigenvalue weighted by Gasteiger charge is 2.15. The quantitative estimate of drug-likeness (QED) is 0.701. The zero-order valence-corrected chi connectivity index (χ0v) is 15.6. The van der Waals surface area contributed by atoms with Crippen LogP contribution in [0.3, 0.4) is 0 Å². The van der Waals surface area contributed by atoms with Crippen molar-refractivity contribution in [2.24, 2.45) is 0 Å². The second-order valence-corrected chi connectivity index (χ2v) is 5.77.